The standard InChI is InChI=1S/C29H33F6N3O3/c1-17(19-12-20(28(30,31)32)14-21(13-19)29(33,34)35)36(5)24(39)38-16-22-15-27(22,23(38)18-10-8-7-9-11-18)37(6)25(40)41-26(2,3)4/h7-14,17,22-23H,15-16H2,1-6H3/t17-,22?,23+,27-/m0/s1. The van der Waals surface area contributed by atoms with Crippen LogP contribution in [0.1, 0.15) is 68.5 Å². The van der Waals surface area contributed by atoms with Crippen molar-refractivity contribution in [2.45, 2.75) is 69.7 Å². The summed E-state index contributed by atoms with van der Waals surface area (Å²) in [6.07, 6.45) is -9.97. The zero-order valence-electron chi connectivity index (χ0n) is 23.6. The van der Waals surface area contributed by atoms with Crippen molar-refractivity contribution in [3.05, 3.63) is 70.8 Å². The van der Waals surface area contributed by atoms with E-state index in [0.717, 1.165) is 10.5 Å². The number of nitrogens with zero attached hydrogens (tertiary/aromatic N) is 3. The minimum Gasteiger partial charge on any atom is -0.444 e. The Balaban J connectivity index is 1.68. The Kier molecular flexibility index (Phi) is 7.54. The Morgan fingerprint density at radius 3 is 1.98 bits per heavy atom. The number of rotatable bonds is 4. The van der Waals surface area contributed by atoms with Gasteiger partial charge in [0.25, 0.3) is 0 Å². The highest BCUT2D eigenvalue weighted by molar-refractivity contribution is 5.78. The van der Waals surface area contributed by atoms with Crippen LogP contribution in [0.2, 0.25) is 0 Å². The normalized spacial score (nSPS) is 23.1. The number of benzene rings is 2. The lowest BCUT2D eigenvalue weighted by molar-refractivity contribution is -0.143. The number of piperidine rings is 1. The van der Waals surface area contributed by atoms with Crippen molar-refractivity contribution in [2.75, 3.05) is 20.6 Å². The van der Waals surface area contributed by atoms with Crippen LogP contribution < -0.4 is 0 Å². The third kappa shape index (κ3) is 5.83. The Morgan fingerprint density at radius 1 is 0.951 bits per heavy atom. The molecule has 3 amide bonds. The van der Waals surface area contributed by atoms with Gasteiger partial charge in [-0.2, -0.15) is 26.3 Å². The second-order valence-corrected chi connectivity index (χ2v) is 11.8. The van der Waals surface area contributed by atoms with Crippen molar-refractivity contribution in [1.82, 2.24) is 14.7 Å². The molecule has 0 bridgehead atoms. The largest absolute Gasteiger partial charge is 0.444 e. The van der Waals surface area contributed by atoms with Gasteiger partial charge in [-0.25, -0.2) is 9.59 Å². The maximum atomic E-state index is 13.9. The fourth-order valence-electron chi connectivity index (χ4n) is 5.71. The Hall–Kier alpha value is -3.44. The summed E-state index contributed by atoms with van der Waals surface area (Å²) in [5.41, 5.74) is -3.98. The number of fused-ring (bicyclic) bond motifs is 1. The van der Waals surface area contributed by atoms with Crippen LogP contribution in [0.5, 0.6) is 0 Å². The first-order valence-electron chi connectivity index (χ1n) is 13.1. The van der Waals surface area contributed by atoms with Crippen LogP contribution in [0.15, 0.2) is 48.5 Å². The fraction of sp³-hybridized carbons (Fsp3) is 0.517. The molecule has 2 fully saturated rings. The second kappa shape index (κ2) is 10.1. The third-order valence-corrected chi connectivity index (χ3v) is 7.95. The molecule has 2 aliphatic rings. The SMILES string of the molecule is C[C@@H](c1cc(C(F)(F)F)cc(C(F)(F)F)c1)N(C)C(=O)N1CC2C[C@@]2(N(C)C(=O)OC(C)(C)C)[C@H]1c1ccccc1. The molecule has 0 aromatic heterocycles. The Bertz CT molecular complexity index is 1280. The highest BCUT2D eigenvalue weighted by Crippen LogP contribution is 2.63. The summed E-state index contributed by atoms with van der Waals surface area (Å²) in [5, 5.41) is 0. The lowest BCUT2D eigenvalue weighted by Crippen LogP contribution is -2.50. The molecular formula is C29H33F6N3O3. The predicted molar refractivity (Wildman–Crippen MR) is 139 cm³/mol. The first kappa shape index (κ1) is 30.5. The van der Waals surface area contributed by atoms with Gasteiger partial charge in [-0.05, 0) is 63.4 Å². The average molecular weight is 586 g/mol. The van der Waals surface area contributed by atoms with Gasteiger partial charge in [-0.3, -0.25) is 0 Å². The van der Waals surface area contributed by atoms with Crippen molar-refractivity contribution >= 4 is 12.1 Å². The van der Waals surface area contributed by atoms with Crippen LogP contribution in [0, 0.1) is 5.92 Å². The summed E-state index contributed by atoms with van der Waals surface area (Å²) in [5.74, 6) is -0.0942. The number of hydrogen-bond donors (Lipinski definition) is 0. The molecule has 224 valence electrons. The summed E-state index contributed by atoms with van der Waals surface area (Å²) in [7, 11) is 2.96. The number of ether oxygens (including phenoxy) is 1. The van der Waals surface area contributed by atoms with Crippen molar-refractivity contribution in [2.24, 2.45) is 5.92 Å². The maximum absolute atomic E-state index is 13.9. The van der Waals surface area contributed by atoms with E-state index in [4.69, 9.17) is 4.74 Å². The van der Waals surface area contributed by atoms with E-state index < -0.39 is 58.8 Å². The quantitative estimate of drug-likeness (QED) is 0.349. The molecule has 0 spiro atoms. The van der Waals surface area contributed by atoms with Gasteiger partial charge < -0.3 is 19.4 Å². The van der Waals surface area contributed by atoms with Crippen LogP contribution in [0.3, 0.4) is 0 Å². The fourth-order valence-corrected chi connectivity index (χ4v) is 5.71. The van der Waals surface area contributed by atoms with Gasteiger partial charge in [0, 0.05) is 26.6 Å². The zero-order valence-corrected chi connectivity index (χ0v) is 23.6. The number of amides is 3. The van der Waals surface area contributed by atoms with E-state index >= 15 is 0 Å². The minimum absolute atomic E-state index is 0.0632. The highest BCUT2D eigenvalue weighted by atomic mass is 19.4. The molecule has 6 nitrogen and oxygen atoms in total. The number of carbonyl (C=O) groups is 2. The number of alkyl halides is 6. The summed E-state index contributed by atoms with van der Waals surface area (Å²) < 4.78 is 86.5. The molecule has 12 heteroatoms. The van der Waals surface area contributed by atoms with Gasteiger partial charge in [0.1, 0.15) is 5.60 Å². The van der Waals surface area contributed by atoms with Gasteiger partial charge in [0.05, 0.1) is 28.7 Å². The third-order valence-electron chi connectivity index (χ3n) is 7.95. The molecule has 1 aliphatic heterocycles. The topological polar surface area (TPSA) is 53.1 Å². The van der Waals surface area contributed by atoms with Gasteiger partial charge in [0.15, 0.2) is 0 Å². The van der Waals surface area contributed by atoms with E-state index in [-0.39, 0.29) is 24.1 Å². The van der Waals surface area contributed by atoms with E-state index in [1.807, 2.05) is 12.1 Å². The molecule has 2 aromatic rings. The van der Waals surface area contributed by atoms with E-state index in [1.165, 1.54) is 18.9 Å². The van der Waals surface area contributed by atoms with E-state index in [1.54, 1.807) is 50.9 Å². The first-order chi connectivity index (χ1) is 18.8. The number of urea groups is 1. The van der Waals surface area contributed by atoms with Crippen LogP contribution in [0.25, 0.3) is 0 Å². The Labute approximate surface area is 234 Å². The van der Waals surface area contributed by atoms with Crippen molar-refractivity contribution < 1.29 is 40.7 Å². The van der Waals surface area contributed by atoms with Crippen molar-refractivity contribution in [3.8, 4) is 0 Å². The molecule has 2 aromatic carbocycles. The predicted octanol–water partition coefficient (Wildman–Crippen LogP) is 7.52. The van der Waals surface area contributed by atoms with Crippen LogP contribution >= 0.6 is 0 Å². The zero-order chi connectivity index (χ0) is 30.7. The molecule has 1 unspecified atom stereocenters. The lowest BCUT2D eigenvalue weighted by Gasteiger charge is -2.40. The molecule has 1 saturated heterocycles. The lowest BCUT2D eigenvalue weighted by atomic mass is 9.96. The average Bonchev–Trinajstić information content (AvgIpc) is 3.49. The first-order valence-corrected chi connectivity index (χ1v) is 13.1. The van der Waals surface area contributed by atoms with Crippen molar-refractivity contribution in [1.29, 1.82) is 0 Å². The smallest absolute Gasteiger partial charge is 0.416 e. The van der Waals surface area contributed by atoms with E-state index in [9.17, 15) is 35.9 Å². The molecule has 41 heavy (non-hydrogen) atoms. The molecule has 1 saturated carbocycles. The molecule has 0 N–H and O–H groups in total. The van der Waals surface area contributed by atoms with Crippen LogP contribution in [-0.2, 0) is 17.1 Å². The van der Waals surface area contributed by atoms with E-state index in [2.05, 4.69) is 0 Å². The maximum Gasteiger partial charge on any atom is 0.416 e. The number of likely N-dealkylation sites (tertiary alicyclic amines) is 1. The number of likely N-dealkylation sites (N-methyl/N-ethyl adjacent to an activating group) is 1. The van der Waals surface area contributed by atoms with Crippen LogP contribution in [-0.4, -0.2) is 58.6 Å². The Morgan fingerprint density at radius 2 is 1.49 bits per heavy atom. The van der Waals surface area contributed by atoms with Gasteiger partial charge >= 0.3 is 24.5 Å². The molecular weight excluding hydrogens is 552 g/mol. The summed E-state index contributed by atoms with van der Waals surface area (Å²) in [6.45, 7) is 6.86. The van der Waals surface area contributed by atoms with E-state index in [0.29, 0.717) is 18.6 Å². The number of hydrogen-bond acceptors (Lipinski definition) is 3. The monoisotopic (exact) mass is 585 g/mol. The summed E-state index contributed by atoms with van der Waals surface area (Å²) in [4.78, 5) is 31.2. The van der Waals surface area contributed by atoms with Crippen LogP contribution in [0.4, 0.5) is 35.9 Å². The highest BCUT2D eigenvalue weighted by Gasteiger charge is 2.71. The van der Waals surface area contributed by atoms with Crippen molar-refractivity contribution in [3.63, 3.8) is 0 Å². The molecule has 1 heterocycles. The number of carbonyl (C=O) groups excluding carboxylic acids is 2. The van der Waals surface area contributed by atoms with Gasteiger partial charge in [0.2, 0.25) is 0 Å². The molecule has 1 aliphatic carbocycles. The summed E-state index contributed by atoms with van der Waals surface area (Å²) in [6, 6.07) is 8.05. The molecule has 4 rings (SSSR count). The summed E-state index contributed by atoms with van der Waals surface area (Å²) >= 11 is 0. The van der Waals surface area contributed by atoms with Gasteiger partial charge in [-0.1, -0.05) is 30.3 Å². The molecule has 0 radical (unpaired) electrons. The second-order valence-electron chi connectivity index (χ2n) is 11.8. The van der Waals surface area contributed by atoms with Gasteiger partial charge in [-0.15, -0.1) is 0 Å². The molecule has 4 atom stereocenters. The number of halogens is 6. The minimum atomic E-state index is -5.01.